The molecule has 1 aromatic heterocycles. The molecule has 0 bridgehead atoms. The predicted molar refractivity (Wildman–Crippen MR) is 68.7 cm³/mol. The van der Waals surface area contributed by atoms with Crippen molar-refractivity contribution in [2.75, 3.05) is 6.54 Å². The lowest BCUT2D eigenvalue weighted by Crippen LogP contribution is -2.01. The number of nitrogens with two attached hydrogens (primary N) is 1. The third-order valence-electron chi connectivity index (χ3n) is 2.76. The average molecular weight is 219 g/mol. The lowest BCUT2D eigenvalue weighted by molar-refractivity contribution is 0.868. The molecule has 0 aliphatic carbocycles. The third kappa shape index (κ3) is 2.06. The Kier molecular flexibility index (Phi) is 3.08. The lowest BCUT2D eigenvalue weighted by Gasteiger charge is -2.05. The van der Waals surface area contributed by atoms with Gasteiger partial charge in [0.15, 0.2) is 0 Å². The molecule has 0 spiro atoms. The normalized spacial score (nSPS) is 11.5. The first-order chi connectivity index (χ1) is 7.22. The molecule has 2 heteroatoms. The number of fused-ring (bicyclic) bond motifs is 1. The zero-order chi connectivity index (χ0) is 10.8. The zero-order valence-electron chi connectivity index (χ0n) is 9.29. The van der Waals surface area contributed by atoms with Crippen LogP contribution in [0.2, 0.25) is 0 Å². The van der Waals surface area contributed by atoms with Crippen LogP contribution in [0, 0.1) is 0 Å². The Labute approximate surface area is 94.9 Å². The molecule has 2 aromatic rings. The van der Waals surface area contributed by atoms with Crippen LogP contribution in [0.5, 0.6) is 0 Å². The van der Waals surface area contributed by atoms with Crippen molar-refractivity contribution >= 4 is 21.4 Å². The van der Waals surface area contributed by atoms with E-state index in [0.717, 1.165) is 13.0 Å². The highest BCUT2D eigenvalue weighted by Gasteiger charge is 2.06. The number of benzene rings is 1. The van der Waals surface area contributed by atoms with E-state index in [0.29, 0.717) is 5.92 Å². The van der Waals surface area contributed by atoms with Crippen LogP contribution in [0.25, 0.3) is 10.1 Å². The van der Waals surface area contributed by atoms with Crippen molar-refractivity contribution in [1.29, 1.82) is 0 Å². The Morgan fingerprint density at radius 2 is 2.13 bits per heavy atom. The average Bonchev–Trinajstić information content (AvgIpc) is 2.61. The minimum atomic E-state index is 0.597. The van der Waals surface area contributed by atoms with Crippen LogP contribution in [-0.4, -0.2) is 6.54 Å². The Balaban J connectivity index is 2.51. The van der Waals surface area contributed by atoms with Gasteiger partial charge in [-0.2, -0.15) is 0 Å². The first-order valence-electron chi connectivity index (χ1n) is 5.42. The number of hydrogen-bond donors (Lipinski definition) is 1. The molecule has 0 radical (unpaired) electrons. The quantitative estimate of drug-likeness (QED) is 0.839. The summed E-state index contributed by atoms with van der Waals surface area (Å²) in [6.07, 6.45) is 0.988. The van der Waals surface area contributed by atoms with Gasteiger partial charge in [0.05, 0.1) is 0 Å². The van der Waals surface area contributed by atoms with Crippen molar-refractivity contribution in [2.24, 2.45) is 5.73 Å². The van der Waals surface area contributed by atoms with E-state index >= 15 is 0 Å². The maximum atomic E-state index is 5.61. The van der Waals surface area contributed by atoms with Gasteiger partial charge < -0.3 is 5.73 Å². The van der Waals surface area contributed by atoms with E-state index in [2.05, 4.69) is 37.4 Å². The van der Waals surface area contributed by atoms with Gasteiger partial charge in [-0.1, -0.05) is 19.9 Å². The Morgan fingerprint density at radius 1 is 1.33 bits per heavy atom. The second kappa shape index (κ2) is 4.33. The number of thiophene rings is 1. The van der Waals surface area contributed by atoms with E-state index in [-0.39, 0.29) is 0 Å². The van der Waals surface area contributed by atoms with Crippen molar-refractivity contribution in [3.8, 4) is 0 Å². The van der Waals surface area contributed by atoms with Gasteiger partial charge in [-0.15, -0.1) is 11.3 Å². The van der Waals surface area contributed by atoms with Gasteiger partial charge in [0.25, 0.3) is 0 Å². The molecule has 2 rings (SSSR count). The van der Waals surface area contributed by atoms with Gasteiger partial charge >= 0.3 is 0 Å². The van der Waals surface area contributed by atoms with E-state index in [1.807, 2.05) is 11.3 Å². The molecule has 0 fully saturated rings. The first kappa shape index (κ1) is 10.7. The molecule has 0 amide bonds. The van der Waals surface area contributed by atoms with Crippen molar-refractivity contribution in [3.05, 3.63) is 34.7 Å². The van der Waals surface area contributed by atoms with E-state index in [4.69, 9.17) is 5.73 Å². The van der Waals surface area contributed by atoms with Crippen LogP contribution in [-0.2, 0) is 6.42 Å². The van der Waals surface area contributed by atoms with E-state index in [1.165, 1.54) is 21.2 Å². The Hall–Kier alpha value is -0.860. The summed E-state index contributed by atoms with van der Waals surface area (Å²) in [7, 11) is 0. The maximum absolute atomic E-state index is 5.61. The van der Waals surface area contributed by atoms with Crippen LogP contribution in [0.1, 0.15) is 30.9 Å². The van der Waals surface area contributed by atoms with E-state index in [9.17, 15) is 0 Å². The van der Waals surface area contributed by atoms with Crippen LogP contribution >= 0.6 is 11.3 Å². The highest BCUT2D eigenvalue weighted by Crippen LogP contribution is 2.29. The summed E-state index contributed by atoms with van der Waals surface area (Å²) < 4.78 is 1.38. The second-order valence-electron chi connectivity index (χ2n) is 4.21. The molecule has 0 atom stereocenters. The largest absolute Gasteiger partial charge is 0.330 e. The monoisotopic (exact) mass is 219 g/mol. The van der Waals surface area contributed by atoms with Crippen LogP contribution in [0.3, 0.4) is 0 Å². The van der Waals surface area contributed by atoms with Gasteiger partial charge in [0, 0.05) is 4.70 Å². The third-order valence-corrected chi connectivity index (χ3v) is 3.77. The molecule has 2 N–H and O–H groups in total. The summed E-state index contributed by atoms with van der Waals surface area (Å²) in [5, 5.41) is 3.64. The summed E-state index contributed by atoms with van der Waals surface area (Å²) >= 11 is 1.82. The predicted octanol–water partition coefficient (Wildman–Crippen LogP) is 3.53. The fraction of sp³-hybridized carbons (Fsp3) is 0.385. The van der Waals surface area contributed by atoms with Crippen LogP contribution in [0.4, 0.5) is 0 Å². The summed E-state index contributed by atoms with van der Waals surface area (Å²) in [4.78, 5) is 0. The summed E-state index contributed by atoms with van der Waals surface area (Å²) in [5.74, 6) is 0.597. The molecule has 1 heterocycles. The van der Waals surface area contributed by atoms with Crippen LogP contribution < -0.4 is 5.73 Å². The molecule has 0 unspecified atom stereocenters. The van der Waals surface area contributed by atoms with Gasteiger partial charge in [-0.25, -0.2) is 0 Å². The smallest absolute Gasteiger partial charge is 0.0345 e. The lowest BCUT2D eigenvalue weighted by atomic mass is 10.00. The molecule has 0 saturated heterocycles. The van der Waals surface area contributed by atoms with E-state index in [1.54, 1.807) is 0 Å². The molecule has 0 aliphatic rings. The summed E-state index contributed by atoms with van der Waals surface area (Å²) in [6, 6.07) is 6.78. The van der Waals surface area contributed by atoms with Gasteiger partial charge in [-0.3, -0.25) is 0 Å². The van der Waals surface area contributed by atoms with Gasteiger partial charge in [0.1, 0.15) is 0 Å². The van der Waals surface area contributed by atoms with E-state index < -0.39 is 0 Å². The van der Waals surface area contributed by atoms with Crippen molar-refractivity contribution in [3.63, 3.8) is 0 Å². The number of hydrogen-bond acceptors (Lipinski definition) is 2. The highest BCUT2D eigenvalue weighted by molar-refractivity contribution is 7.17. The summed E-state index contributed by atoms with van der Waals surface area (Å²) in [6.45, 7) is 5.20. The Bertz CT molecular complexity index is 457. The highest BCUT2D eigenvalue weighted by atomic mass is 32.1. The first-order valence-corrected chi connectivity index (χ1v) is 6.30. The standard InChI is InChI=1S/C13H17NS/c1-9(2)10-3-4-13-12(7-10)11(5-6-14)8-15-13/h3-4,7-9H,5-6,14H2,1-2H3. The van der Waals surface area contributed by atoms with Crippen molar-refractivity contribution < 1.29 is 0 Å². The fourth-order valence-corrected chi connectivity index (χ4v) is 2.79. The molecular weight excluding hydrogens is 202 g/mol. The minimum absolute atomic E-state index is 0.597. The Morgan fingerprint density at radius 3 is 2.80 bits per heavy atom. The fourth-order valence-electron chi connectivity index (χ4n) is 1.81. The molecule has 15 heavy (non-hydrogen) atoms. The SMILES string of the molecule is CC(C)c1ccc2scc(CCN)c2c1. The summed E-state index contributed by atoms with van der Waals surface area (Å²) in [5.41, 5.74) is 8.43. The van der Waals surface area contributed by atoms with Crippen LogP contribution in [0.15, 0.2) is 23.6 Å². The molecule has 1 nitrogen and oxygen atoms in total. The molecule has 80 valence electrons. The zero-order valence-corrected chi connectivity index (χ0v) is 10.1. The number of rotatable bonds is 3. The molecular formula is C13H17NS. The van der Waals surface area contributed by atoms with Crippen molar-refractivity contribution in [1.82, 2.24) is 0 Å². The maximum Gasteiger partial charge on any atom is 0.0345 e. The minimum Gasteiger partial charge on any atom is -0.330 e. The second-order valence-corrected chi connectivity index (χ2v) is 5.12. The molecule has 1 aromatic carbocycles. The van der Waals surface area contributed by atoms with Gasteiger partial charge in [0.2, 0.25) is 0 Å². The molecule has 0 saturated carbocycles. The van der Waals surface area contributed by atoms with Gasteiger partial charge in [-0.05, 0) is 52.9 Å². The van der Waals surface area contributed by atoms with Crippen molar-refractivity contribution in [2.45, 2.75) is 26.2 Å². The molecule has 0 aliphatic heterocycles. The topological polar surface area (TPSA) is 26.0 Å².